The van der Waals surface area contributed by atoms with Gasteiger partial charge in [0.05, 0.1) is 12.1 Å². The van der Waals surface area contributed by atoms with Crippen molar-refractivity contribution in [3.05, 3.63) is 0 Å². The van der Waals surface area contributed by atoms with Crippen molar-refractivity contribution in [2.75, 3.05) is 19.7 Å². The summed E-state index contributed by atoms with van der Waals surface area (Å²) in [5.74, 6) is -0.260. The van der Waals surface area contributed by atoms with E-state index in [1.165, 1.54) is 12.8 Å². The third kappa shape index (κ3) is 1.78. The number of fused-ring (bicyclic) bond motifs is 1. The third-order valence-electron chi connectivity index (χ3n) is 3.99. The Labute approximate surface area is 105 Å². The number of rotatable bonds is 1. The maximum atomic E-state index is 9.93. The molecule has 5 nitrogen and oxygen atoms in total. The standard InChI is InChI=1S/C11H18N2O3S/c14-5-6-8(15)9(16)7-10(6)17-11(12-7)13-3-1-2-4-13/h6-10,14-16H,1-5H2. The average molecular weight is 258 g/mol. The molecule has 2 fully saturated rings. The van der Waals surface area contributed by atoms with Crippen LogP contribution in [0.3, 0.4) is 0 Å². The van der Waals surface area contributed by atoms with Crippen molar-refractivity contribution < 1.29 is 15.3 Å². The summed E-state index contributed by atoms with van der Waals surface area (Å²) in [5.41, 5.74) is 0. The summed E-state index contributed by atoms with van der Waals surface area (Å²) < 4.78 is 0. The zero-order valence-electron chi connectivity index (χ0n) is 9.57. The average Bonchev–Trinajstić information content (AvgIpc) is 2.99. The molecule has 1 saturated heterocycles. The van der Waals surface area contributed by atoms with Crippen molar-refractivity contribution in [3.8, 4) is 0 Å². The number of nitrogens with zero attached hydrogens (tertiary/aromatic N) is 2. The van der Waals surface area contributed by atoms with Gasteiger partial charge >= 0.3 is 0 Å². The van der Waals surface area contributed by atoms with Gasteiger partial charge in [-0.2, -0.15) is 0 Å². The first-order chi connectivity index (χ1) is 8.22. The van der Waals surface area contributed by atoms with Crippen molar-refractivity contribution in [3.63, 3.8) is 0 Å². The first kappa shape index (κ1) is 11.8. The molecule has 0 aromatic carbocycles. The van der Waals surface area contributed by atoms with Crippen LogP contribution in [0.1, 0.15) is 12.8 Å². The fourth-order valence-electron chi connectivity index (χ4n) is 2.96. The fourth-order valence-corrected chi connectivity index (χ4v) is 4.50. The minimum absolute atomic E-state index is 0.0283. The molecule has 96 valence electrons. The van der Waals surface area contributed by atoms with E-state index in [1.807, 2.05) is 0 Å². The molecule has 0 radical (unpaired) electrons. The third-order valence-corrected chi connectivity index (χ3v) is 5.46. The molecule has 0 bridgehead atoms. The van der Waals surface area contributed by atoms with Gasteiger partial charge in [-0.15, -0.1) is 0 Å². The Hall–Kier alpha value is -0.300. The number of hydrogen-bond donors (Lipinski definition) is 3. The summed E-state index contributed by atoms with van der Waals surface area (Å²) >= 11 is 1.61. The number of aliphatic hydroxyl groups excluding tert-OH is 3. The number of likely N-dealkylation sites (tertiary alicyclic amines) is 1. The highest BCUT2D eigenvalue weighted by atomic mass is 32.2. The van der Waals surface area contributed by atoms with E-state index in [-0.39, 0.29) is 23.8 Å². The van der Waals surface area contributed by atoms with Crippen molar-refractivity contribution in [1.29, 1.82) is 0 Å². The summed E-state index contributed by atoms with van der Waals surface area (Å²) in [7, 11) is 0. The minimum atomic E-state index is -0.841. The quantitative estimate of drug-likeness (QED) is 0.578. The fraction of sp³-hybridized carbons (Fsp3) is 0.909. The van der Waals surface area contributed by atoms with Crippen LogP contribution in [0.15, 0.2) is 4.99 Å². The monoisotopic (exact) mass is 258 g/mol. The molecule has 2 aliphatic heterocycles. The number of amidine groups is 1. The molecule has 3 rings (SSSR count). The van der Waals surface area contributed by atoms with E-state index in [0.29, 0.717) is 0 Å². The second kappa shape index (κ2) is 4.42. The predicted octanol–water partition coefficient (Wildman–Crippen LogP) is -0.734. The van der Waals surface area contributed by atoms with E-state index >= 15 is 0 Å². The lowest BCUT2D eigenvalue weighted by atomic mass is 10.1. The van der Waals surface area contributed by atoms with Gasteiger partial charge in [0.1, 0.15) is 6.10 Å². The lowest BCUT2D eigenvalue weighted by Crippen LogP contribution is -2.32. The second-order valence-electron chi connectivity index (χ2n) is 5.01. The van der Waals surface area contributed by atoms with Crippen LogP contribution in [0.5, 0.6) is 0 Å². The van der Waals surface area contributed by atoms with Gasteiger partial charge in [0.2, 0.25) is 0 Å². The molecule has 6 heteroatoms. The van der Waals surface area contributed by atoms with E-state index in [1.54, 1.807) is 11.8 Å². The molecule has 2 heterocycles. The lowest BCUT2D eigenvalue weighted by Gasteiger charge is -2.21. The number of thioether (sulfide) groups is 1. The van der Waals surface area contributed by atoms with Crippen LogP contribution < -0.4 is 0 Å². The molecule has 0 spiro atoms. The van der Waals surface area contributed by atoms with E-state index in [0.717, 1.165) is 18.3 Å². The molecular formula is C11H18N2O3S. The first-order valence-corrected chi connectivity index (χ1v) is 7.06. The summed E-state index contributed by atoms with van der Waals surface area (Å²) in [6.07, 6.45) is 0.726. The zero-order valence-corrected chi connectivity index (χ0v) is 10.4. The Bertz CT molecular complexity index is 333. The SMILES string of the molecule is OCC1C(O)C(O)C2N=C(N3CCCC3)SC12. The predicted molar refractivity (Wildman–Crippen MR) is 66.0 cm³/mol. The summed E-state index contributed by atoms with van der Waals surface area (Å²) in [6.45, 7) is 1.98. The molecule has 17 heavy (non-hydrogen) atoms. The smallest absolute Gasteiger partial charge is 0.159 e. The van der Waals surface area contributed by atoms with Gasteiger partial charge in [0, 0.05) is 30.9 Å². The highest BCUT2D eigenvalue weighted by Gasteiger charge is 2.53. The molecule has 5 atom stereocenters. The number of hydrogen-bond acceptors (Lipinski definition) is 6. The normalized spacial score (nSPS) is 45.2. The summed E-state index contributed by atoms with van der Waals surface area (Å²) in [6, 6.07) is -0.247. The van der Waals surface area contributed by atoms with Gasteiger partial charge < -0.3 is 20.2 Å². The molecule has 1 aliphatic carbocycles. The summed E-state index contributed by atoms with van der Waals surface area (Å²) in [5, 5.41) is 30.1. The van der Waals surface area contributed by atoms with Crippen LogP contribution in [-0.4, -0.2) is 68.6 Å². The van der Waals surface area contributed by atoms with Crippen LogP contribution in [0.4, 0.5) is 0 Å². The molecule has 3 N–H and O–H groups in total. The van der Waals surface area contributed by atoms with E-state index < -0.39 is 12.2 Å². The van der Waals surface area contributed by atoms with Gasteiger partial charge in [-0.25, -0.2) is 0 Å². The molecule has 5 unspecified atom stereocenters. The van der Waals surface area contributed by atoms with Gasteiger partial charge in [0.15, 0.2) is 5.17 Å². The molecular weight excluding hydrogens is 240 g/mol. The van der Waals surface area contributed by atoms with Gasteiger partial charge in [-0.1, -0.05) is 11.8 Å². The van der Waals surface area contributed by atoms with Gasteiger partial charge in [0.25, 0.3) is 0 Å². The van der Waals surface area contributed by atoms with Crippen LogP contribution in [0.2, 0.25) is 0 Å². The Morgan fingerprint density at radius 2 is 1.94 bits per heavy atom. The van der Waals surface area contributed by atoms with Crippen molar-refractivity contribution in [1.82, 2.24) is 4.90 Å². The molecule has 0 aromatic heterocycles. The van der Waals surface area contributed by atoms with E-state index in [4.69, 9.17) is 0 Å². The molecule has 0 aromatic rings. The Morgan fingerprint density at radius 3 is 2.59 bits per heavy atom. The topological polar surface area (TPSA) is 76.3 Å². The Kier molecular flexibility index (Phi) is 3.06. The van der Waals surface area contributed by atoms with Crippen LogP contribution >= 0.6 is 11.8 Å². The Balaban J connectivity index is 1.77. The summed E-state index contributed by atoms with van der Waals surface area (Å²) in [4.78, 5) is 6.79. The van der Waals surface area contributed by atoms with Crippen molar-refractivity contribution in [2.24, 2.45) is 10.9 Å². The van der Waals surface area contributed by atoms with Gasteiger partial charge in [-0.05, 0) is 12.8 Å². The van der Waals surface area contributed by atoms with Crippen LogP contribution in [-0.2, 0) is 0 Å². The second-order valence-corrected chi connectivity index (χ2v) is 6.15. The number of aliphatic hydroxyl groups is 3. The van der Waals surface area contributed by atoms with Crippen molar-refractivity contribution in [2.45, 2.75) is 36.3 Å². The van der Waals surface area contributed by atoms with E-state index in [2.05, 4.69) is 9.89 Å². The Morgan fingerprint density at radius 1 is 1.24 bits per heavy atom. The van der Waals surface area contributed by atoms with Crippen molar-refractivity contribution >= 4 is 16.9 Å². The minimum Gasteiger partial charge on any atom is -0.396 e. The maximum Gasteiger partial charge on any atom is 0.159 e. The highest BCUT2D eigenvalue weighted by molar-refractivity contribution is 8.14. The molecule has 0 amide bonds. The largest absolute Gasteiger partial charge is 0.396 e. The number of aliphatic imine (C=N–C) groups is 1. The van der Waals surface area contributed by atoms with Crippen LogP contribution in [0, 0.1) is 5.92 Å². The first-order valence-electron chi connectivity index (χ1n) is 6.19. The van der Waals surface area contributed by atoms with Gasteiger partial charge in [-0.3, -0.25) is 4.99 Å². The molecule has 3 aliphatic rings. The van der Waals surface area contributed by atoms with Crippen LogP contribution in [0.25, 0.3) is 0 Å². The highest BCUT2D eigenvalue weighted by Crippen LogP contribution is 2.43. The lowest BCUT2D eigenvalue weighted by molar-refractivity contribution is 0.00323. The molecule has 1 saturated carbocycles. The van der Waals surface area contributed by atoms with E-state index in [9.17, 15) is 15.3 Å². The maximum absolute atomic E-state index is 9.93. The zero-order chi connectivity index (χ0) is 12.0.